The molecule has 2 N–H and O–H groups in total. The van der Waals surface area contributed by atoms with Gasteiger partial charge in [0.05, 0.1) is 5.41 Å². The summed E-state index contributed by atoms with van der Waals surface area (Å²) in [5.74, 6) is -1.32. The molecule has 0 radical (unpaired) electrons. The summed E-state index contributed by atoms with van der Waals surface area (Å²) in [6.07, 6.45) is 1.59. The number of nitrogens with one attached hydrogen (secondary N) is 1. The number of aliphatic carboxylic acids is 1. The van der Waals surface area contributed by atoms with E-state index in [1.54, 1.807) is 6.20 Å². The van der Waals surface area contributed by atoms with Crippen LogP contribution in [0.1, 0.15) is 25.1 Å². The fourth-order valence-electron chi connectivity index (χ4n) is 1.05. The van der Waals surface area contributed by atoms with Gasteiger partial charge in [-0.3, -0.25) is 9.59 Å². The number of aromatic nitrogens is 1. The van der Waals surface area contributed by atoms with Crippen LogP contribution in [0.15, 0.2) is 6.20 Å². The summed E-state index contributed by atoms with van der Waals surface area (Å²) in [4.78, 5) is 27.3. The normalized spacial score (nSPS) is 11.2. The van der Waals surface area contributed by atoms with Crippen molar-refractivity contribution in [3.05, 3.63) is 11.1 Å². The summed E-state index contributed by atoms with van der Waals surface area (Å²) in [7, 11) is 0. The van der Waals surface area contributed by atoms with Crippen LogP contribution < -0.4 is 5.32 Å². The minimum absolute atomic E-state index is 0.0685. The Morgan fingerprint density at radius 3 is 2.62 bits per heavy atom. The number of thiazole rings is 1. The Morgan fingerprint density at radius 2 is 2.19 bits per heavy atom. The molecule has 1 rings (SSSR count). The standard InChI is InChI=1S/C10H14N2O3S/c1-6-5-11-9(16-6)12-7(13)4-10(2,3)8(14)15/h5H,4H2,1-3H3,(H,14,15)(H,11,12,13). The first-order valence-electron chi connectivity index (χ1n) is 4.77. The van der Waals surface area contributed by atoms with Gasteiger partial charge in [0.25, 0.3) is 0 Å². The third kappa shape index (κ3) is 3.30. The van der Waals surface area contributed by atoms with Gasteiger partial charge in [-0.25, -0.2) is 4.98 Å². The first kappa shape index (κ1) is 12.6. The first-order valence-corrected chi connectivity index (χ1v) is 5.58. The Bertz CT molecular complexity index is 412. The van der Waals surface area contributed by atoms with E-state index < -0.39 is 11.4 Å². The second kappa shape index (κ2) is 4.61. The molecule has 0 unspecified atom stereocenters. The highest BCUT2D eigenvalue weighted by atomic mass is 32.1. The monoisotopic (exact) mass is 242 g/mol. The van der Waals surface area contributed by atoms with Crippen molar-refractivity contribution >= 4 is 28.3 Å². The van der Waals surface area contributed by atoms with Gasteiger partial charge in [0.15, 0.2) is 5.13 Å². The number of anilines is 1. The minimum atomic E-state index is -1.06. The molecule has 0 saturated heterocycles. The van der Waals surface area contributed by atoms with Crippen molar-refractivity contribution in [1.82, 2.24) is 4.98 Å². The molecule has 0 spiro atoms. The highest BCUT2D eigenvalue weighted by Crippen LogP contribution is 2.22. The number of nitrogens with zero attached hydrogens (tertiary/aromatic N) is 1. The molecule has 1 aromatic heterocycles. The highest BCUT2D eigenvalue weighted by molar-refractivity contribution is 7.15. The van der Waals surface area contributed by atoms with Gasteiger partial charge < -0.3 is 10.4 Å². The van der Waals surface area contributed by atoms with Gasteiger partial charge in [0, 0.05) is 17.5 Å². The van der Waals surface area contributed by atoms with Crippen LogP contribution in [0.25, 0.3) is 0 Å². The molecule has 5 nitrogen and oxygen atoms in total. The maximum atomic E-state index is 11.5. The molecule has 0 aliphatic heterocycles. The fourth-order valence-corrected chi connectivity index (χ4v) is 1.73. The van der Waals surface area contributed by atoms with E-state index in [-0.39, 0.29) is 12.3 Å². The molecule has 0 aromatic carbocycles. The molecule has 0 atom stereocenters. The second-order valence-corrected chi connectivity index (χ2v) is 5.42. The van der Waals surface area contributed by atoms with Crippen molar-refractivity contribution in [3.8, 4) is 0 Å². The van der Waals surface area contributed by atoms with Crippen molar-refractivity contribution in [3.63, 3.8) is 0 Å². The van der Waals surface area contributed by atoms with Gasteiger partial charge in [0.1, 0.15) is 0 Å². The molecule has 6 heteroatoms. The largest absolute Gasteiger partial charge is 0.481 e. The van der Waals surface area contributed by atoms with E-state index in [4.69, 9.17) is 5.11 Å². The summed E-state index contributed by atoms with van der Waals surface area (Å²) in [5, 5.41) is 11.9. The molecule has 0 aliphatic rings. The van der Waals surface area contributed by atoms with Crippen LogP contribution in [-0.2, 0) is 9.59 Å². The van der Waals surface area contributed by atoms with E-state index in [1.807, 2.05) is 6.92 Å². The Kier molecular flexibility index (Phi) is 3.64. The third-order valence-electron chi connectivity index (χ3n) is 2.05. The predicted octanol–water partition coefficient (Wildman–Crippen LogP) is 1.89. The molecule has 1 amide bonds. The number of aryl methyl sites for hydroxylation is 1. The molecule has 0 aliphatic carbocycles. The van der Waals surface area contributed by atoms with Gasteiger partial charge >= 0.3 is 5.97 Å². The Balaban J connectivity index is 2.58. The molecular weight excluding hydrogens is 228 g/mol. The van der Waals surface area contributed by atoms with Gasteiger partial charge in [-0.1, -0.05) is 0 Å². The van der Waals surface area contributed by atoms with Crippen LogP contribution in [0.2, 0.25) is 0 Å². The van der Waals surface area contributed by atoms with Crippen LogP contribution >= 0.6 is 11.3 Å². The summed E-state index contributed by atoms with van der Waals surface area (Å²) in [6, 6.07) is 0. The number of hydrogen-bond acceptors (Lipinski definition) is 4. The van der Waals surface area contributed by atoms with E-state index in [0.29, 0.717) is 5.13 Å². The molecule has 0 saturated carbocycles. The zero-order chi connectivity index (χ0) is 12.3. The van der Waals surface area contributed by atoms with Gasteiger partial charge in [-0.2, -0.15) is 0 Å². The number of carbonyl (C=O) groups is 2. The Morgan fingerprint density at radius 1 is 1.56 bits per heavy atom. The van der Waals surface area contributed by atoms with Crippen LogP contribution in [-0.4, -0.2) is 22.0 Å². The molecule has 1 heterocycles. The van der Waals surface area contributed by atoms with Gasteiger partial charge in [-0.15, -0.1) is 11.3 Å². The Hall–Kier alpha value is -1.43. The maximum absolute atomic E-state index is 11.5. The SMILES string of the molecule is Cc1cnc(NC(=O)CC(C)(C)C(=O)O)s1. The summed E-state index contributed by atoms with van der Waals surface area (Å²) in [5.41, 5.74) is -1.06. The lowest BCUT2D eigenvalue weighted by atomic mass is 9.89. The quantitative estimate of drug-likeness (QED) is 0.845. The topological polar surface area (TPSA) is 79.3 Å². The summed E-state index contributed by atoms with van der Waals surface area (Å²) in [6.45, 7) is 4.92. The van der Waals surface area contributed by atoms with Crippen LogP contribution in [0, 0.1) is 12.3 Å². The van der Waals surface area contributed by atoms with E-state index >= 15 is 0 Å². The van der Waals surface area contributed by atoms with Gasteiger partial charge in [-0.05, 0) is 20.8 Å². The minimum Gasteiger partial charge on any atom is -0.481 e. The summed E-state index contributed by atoms with van der Waals surface area (Å²) < 4.78 is 0. The zero-order valence-electron chi connectivity index (χ0n) is 9.40. The molecule has 0 bridgehead atoms. The average Bonchev–Trinajstić information content (AvgIpc) is 2.49. The molecule has 1 aromatic rings. The Labute approximate surface area is 97.5 Å². The van der Waals surface area contributed by atoms with Crippen LogP contribution in [0.3, 0.4) is 0 Å². The molecule has 0 fully saturated rings. The number of carbonyl (C=O) groups excluding carboxylic acids is 1. The van der Waals surface area contributed by atoms with E-state index in [2.05, 4.69) is 10.3 Å². The second-order valence-electron chi connectivity index (χ2n) is 4.19. The van der Waals surface area contributed by atoms with Crippen molar-refractivity contribution < 1.29 is 14.7 Å². The lowest BCUT2D eigenvalue weighted by Crippen LogP contribution is -2.29. The number of carboxylic acids is 1. The van der Waals surface area contributed by atoms with E-state index in [1.165, 1.54) is 25.2 Å². The van der Waals surface area contributed by atoms with Crippen molar-refractivity contribution in [1.29, 1.82) is 0 Å². The molecule has 16 heavy (non-hydrogen) atoms. The van der Waals surface area contributed by atoms with Crippen molar-refractivity contribution in [2.24, 2.45) is 5.41 Å². The number of rotatable bonds is 4. The average molecular weight is 242 g/mol. The third-order valence-corrected chi connectivity index (χ3v) is 2.88. The lowest BCUT2D eigenvalue weighted by molar-refractivity contribution is -0.148. The van der Waals surface area contributed by atoms with E-state index in [0.717, 1.165) is 4.88 Å². The zero-order valence-corrected chi connectivity index (χ0v) is 10.2. The van der Waals surface area contributed by atoms with E-state index in [9.17, 15) is 9.59 Å². The van der Waals surface area contributed by atoms with Crippen molar-refractivity contribution in [2.75, 3.05) is 5.32 Å². The van der Waals surface area contributed by atoms with Gasteiger partial charge in [0.2, 0.25) is 5.91 Å². The molecular formula is C10H14N2O3S. The number of carboxylic acid groups (broad SMARTS) is 1. The predicted molar refractivity (Wildman–Crippen MR) is 61.5 cm³/mol. The number of hydrogen-bond donors (Lipinski definition) is 2. The maximum Gasteiger partial charge on any atom is 0.309 e. The lowest BCUT2D eigenvalue weighted by Gasteiger charge is -2.17. The molecule has 88 valence electrons. The number of amides is 1. The summed E-state index contributed by atoms with van der Waals surface area (Å²) >= 11 is 1.36. The highest BCUT2D eigenvalue weighted by Gasteiger charge is 2.30. The van der Waals surface area contributed by atoms with Crippen LogP contribution in [0.4, 0.5) is 5.13 Å². The van der Waals surface area contributed by atoms with Crippen molar-refractivity contribution in [2.45, 2.75) is 27.2 Å². The smallest absolute Gasteiger partial charge is 0.309 e. The first-order chi connectivity index (χ1) is 7.31. The fraction of sp³-hybridized carbons (Fsp3) is 0.500. The van der Waals surface area contributed by atoms with Crippen LogP contribution in [0.5, 0.6) is 0 Å².